The van der Waals surface area contributed by atoms with Gasteiger partial charge in [-0.05, 0) is 28.7 Å². The minimum Gasteiger partial charge on any atom is -0.507 e. The second-order valence-corrected chi connectivity index (χ2v) is 3.22. The first-order valence-corrected chi connectivity index (χ1v) is 3.92. The van der Waals surface area contributed by atoms with Crippen molar-refractivity contribution in [1.82, 2.24) is 0 Å². The summed E-state index contributed by atoms with van der Waals surface area (Å²) in [6.07, 6.45) is 0. The summed E-state index contributed by atoms with van der Waals surface area (Å²) in [7, 11) is 0. The zero-order valence-electron chi connectivity index (χ0n) is 5.34. The minimum atomic E-state index is 0.293. The fraction of sp³-hybridized carbons (Fsp3) is 0. The molecule has 52 valence electrons. The van der Waals surface area contributed by atoms with Crippen LogP contribution in [-0.2, 0) is 0 Å². The van der Waals surface area contributed by atoms with Crippen molar-refractivity contribution in [2.75, 3.05) is 0 Å². The molecule has 0 aliphatic heterocycles. The van der Waals surface area contributed by atoms with E-state index in [-0.39, 0.29) is 0 Å². The van der Waals surface area contributed by atoms with E-state index in [4.69, 9.17) is 0 Å². The van der Waals surface area contributed by atoms with Crippen LogP contribution in [-0.4, -0.2) is 5.11 Å². The highest BCUT2D eigenvalue weighted by atomic mass is 127. The lowest BCUT2D eigenvalue weighted by Gasteiger charge is -1.99. The van der Waals surface area contributed by atoms with Crippen molar-refractivity contribution in [1.29, 1.82) is 0 Å². The Bertz CT molecular complexity index is 255. The van der Waals surface area contributed by atoms with Gasteiger partial charge in [-0.2, -0.15) is 0 Å². The Morgan fingerprint density at radius 3 is 2.40 bits per heavy atom. The molecule has 0 radical (unpaired) electrons. The van der Waals surface area contributed by atoms with Crippen molar-refractivity contribution < 1.29 is 5.11 Å². The highest BCUT2D eigenvalue weighted by molar-refractivity contribution is 14.1. The summed E-state index contributed by atoms with van der Waals surface area (Å²) in [6.45, 7) is 3.71. The quantitative estimate of drug-likeness (QED) is 0.755. The van der Waals surface area contributed by atoms with Gasteiger partial charge in [0.15, 0.2) is 0 Å². The van der Waals surface area contributed by atoms with Crippen LogP contribution in [0.5, 0.6) is 5.75 Å². The molecule has 0 aliphatic rings. The lowest BCUT2D eigenvalue weighted by molar-refractivity contribution is 0.474. The summed E-state index contributed by atoms with van der Waals surface area (Å²) < 4.78 is 0.857. The standard InChI is InChI=1S/C8H7IO/c1-6(9)7-4-2-3-5-8(7)10/h2-5,10H,1H2. The van der Waals surface area contributed by atoms with Crippen LogP contribution in [0.4, 0.5) is 0 Å². The molecule has 0 aromatic heterocycles. The summed E-state index contributed by atoms with van der Waals surface area (Å²) in [5.41, 5.74) is 0.808. The number of halogens is 1. The maximum atomic E-state index is 9.22. The van der Waals surface area contributed by atoms with Crippen LogP contribution in [0.25, 0.3) is 3.58 Å². The van der Waals surface area contributed by atoms with Crippen molar-refractivity contribution >= 4 is 26.2 Å². The van der Waals surface area contributed by atoms with Crippen LogP contribution < -0.4 is 0 Å². The number of benzene rings is 1. The zero-order valence-corrected chi connectivity index (χ0v) is 7.50. The predicted molar refractivity (Wildman–Crippen MR) is 51.2 cm³/mol. The van der Waals surface area contributed by atoms with Crippen LogP contribution in [0, 0.1) is 0 Å². The highest BCUT2D eigenvalue weighted by Crippen LogP contribution is 2.27. The molecule has 0 bridgehead atoms. The molecule has 0 fully saturated rings. The second kappa shape index (κ2) is 3.05. The van der Waals surface area contributed by atoms with E-state index in [0.29, 0.717) is 5.75 Å². The molecule has 0 saturated heterocycles. The van der Waals surface area contributed by atoms with Crippen molar-refractivity contribution in [2.24, 2.45) is 0 Å². The highest BCUT2D eigenvalue weighted by Gasteiger charge is 1.98. The number of phenols is 1. The van der Waals surface area contributed by atoms with Crippen LogP contribution >= 0.6 is 22.6 Å². The third-order valence-electron chi connectivity index (χ3n) is 1.20. The van der Waals surface area contributed by atoms with Gasteiger partial charge >= 0.3 is 0 Å². The number of para-hydroxylation sites is 1. The average Bonchev–Trinajstić information content (AvgIpc) is 1.88. The van der Waals surface area contributed by atoms with Gasteiger partial charge in [-0.25, -0.2) is 0 Å². The Hall–Kier alpha value is -0.510. The molecule has 0 heterocycles. The van der Waals surface area contributed by atoms with Gasteiger partial charge in [0.2, 0.25) is 0 Å². The molecule has 2 heteroatoms. The van der Waals surface area contributed by atoms with E-state index >= 15 is 0 Å². The molecule has 0 spiro atoms. The normalized spacial score (nSPS) is 9.30. The van der Waals surface area contributed by atoms with E-state index in [0.717, 1.165) is 9.14 Å². The third kappa shape index (κ3) is 1.50. The largest absolute Gasteiger partial charge is 0.507 e. The molecule has 1 N–H and O–H groups in total. The molecule has 1 aromatic rings. The summed E-state index contributed by atoms with van der Waals surface area (Å²) in [6, 6.07) is 7.15. The van der Waals surface area contributed by atoms with Gasteiger partial charge in [-0.3, -0.25) is 0 Å². The van der Waals surface area contributed by atoms with Gasteiger partial charge in [-0.1, -0.05) is 24.8 Å². The molecule has 0 atom stereocenters. The van der Waals surface area contributed by atoms with Crippen molar-refractivity contribution in [3.63, 3.8) is 0 Å². The van der Waals surface area contributed by atoms with Crippen LogP contribution in [0.2, 0.25) is 0 Å². The van der Waals surface area contributed by atoms with Gasteiger partial charge in [0.05, 0.1) is 0 Å². The number of hydrogen-bond donors (Lipinski definition) is 1. The number of hydrogen-bond acceptors (Lipinski definition) is 1. The molecule has 1 rings (SSSR count). The lowest BCUT2D eigenvalue weighted by atomic mass is 10.2. The Morgan fingerprint density at radius 2 is 2.00 bits per heavy atom. The third-order valence-corrected chi connectivity index (χ3v) is 1.78. The Kier molecular flexibility index (Phi) is 2.32. The molecule has 1 nitrogen and oxygen atoms in total. The lowest BCUT2D eigenvalue weighted by Crippen LogP contribution is -1.74. The SMILES string of the molecule is C=C(I)c1ccccc1O. The number of aromatic hydroxyl groups is 1. The van der Waals surface area contributed by atoms with Gasteiger partial charge in [0.1, 0.15) is 5.75 Å². The van der Waals surface area contributed by atoms with Crippen LogP contribution in [0.1, 0.15) is 5.56 Å². The van der Waals surface area contributed by atoms with Gasteiger partial charge < -0.3 is 5.11 Å². The smallest absolute Gasteiger partial charge is 0.123 e. The molecular weight excluding hydrogens is 239 g/mol. The Labute approximate surface area is 73.5 Å². The van der Waals surface area contributed by atoms with Gasteiger partial charge in [0.25, 0.3) is 0 Å². The molecule has 1 aromatic carbocycles. The fourth-order valence-electron chi connectivity index (χ4n) is 0.703. The number of rotatable bonds is 1. The molecule has 0 unspecified atom stereocenters. The topological polar surface area (TPSA) is 20.2 Å². The van der Waals surface area contributed by atoms with E-state index in [1.165, 1.54) is 0 Å². The minimum absolute atomic E-state index is 0.293. The van der Waals surface area contributed by atoms with Crippen molar-refractivity contribution in [3.05, 3.63) is 36.4 Å². The first-order valence-electron chi connectivity index (χ1n) is 2.84. The van der Waals surface area contributed by atoms with Gasteiger partial charge in [-0.15, -0.1) is 0 Å². The molecule has 0 amide bonds. The molecule has 10 heavy (non-hydrogen) atoms. The first-order chi connectivity index (χ1) is 4.72. The van der Waals surface area contributed by atoms with Crippen LogP contribution in [0.3, 0.4) is 0 Å². The summed E-state index contributed by atoms with van der Waals surface area (Å²) in [5.74, 6) is 0.293. The molecular formula is C8H7IO. The van der Waals surface area contributed by atoms with Crippen molar-refractivity contribution in [3.8, 4) is 5.75 Å². The average molecular weight is 246 g/mol. The molecule has 0 aliphatic carbocycles. The van der Waals surface area contributed by atoms with E-state index < -0.39 is 0 Å². The maximum Gasteiger partial charge on any atom is 0.123 e. The molecule has 0 saturated carbocycles. The van der Waals surface area contributed by atoms with Crippen molar-refractivity contribution in [2.45, 2.75) is 0 Å². The Balaban J connectivity index is 3.15. The summed E-state index contributed by atoms with van der Waals surface area (Å²) in [5, 5.41) is 9.22. The van der Waals surface area contributed by atoms with Gasteiger partial charge in [0, 0.05) is 9.14 Å². The second-order valence-electron chi connectivity index (χ2n) is 1.92. The maximum absolute atomic E-state index is 9.22. The number of phenolic OH excluding ortho intramolecular Hbond substituents is 1. The summed E-state index contributed by atoms with van der Waals surface area (Å²) in [4.78, 5) is 0. The van der Waals surface area contributed by atoms with Crippen LogP contribution in [0.15, 0.2) is 30.8 Å². The van der Waals surface area contributed by atoms with E-state index in [1.54, 1.807) is 12.1 Å². The predicted octanol–water partition coefficient (Wildman–Crippen LogP) is 2.80. The zero-order chi connectivity index (χ0) is 7.56. The Morgan fingerprint density at radius 1 is 1.40 bits per heavy atom. The fourth-order valence-corrected chi connectivity index (χ4v) is 1.16. The van der Waals surface area contributed by atoms with E-state index in [2.05, 4.69) is 29.2 Å². The monoisotopic (exact) mass is 246 g/mol. The van der Waals surface area contributed by atoms with E-state index in [9.17, 15) is 5.11 Å². The first kappa shape index (κ1) is 7.60. The summed E-state index contributed by atoms with van der Waals surface area (Å²) >= 11 is 2.08. The van der Waals surface area contributed by atoms with E-state index in [1.807, 2.05) is 12.1 Å².